The Morgan fingerprint density at radius 3 is 2.67 bits per heavy atom. The summed E-state index contributed by atoms with van der Waals surface area (Å²) < 4.78 is 6.70. The number of quaternary nitrogens is 1. The molecule has 0 bridgehead atoms. The van der Waals surface area contributed by atoms with Crippen LogP contribution in [0.4, 0.5) is 11.4 Å². The zero-order valence-corrected chi connectivity index (χ0v) is 18.8. The van der Waals surface area contributed by atoms with Gasteiger partial charge in [0.25, 0.3) is 0 Å². The van der Waals surface area contributed by atoms with Crippen LogP contribution in [0.25, 0.3) is 0 Å². The van der Waals surface area contributed by atoms with E-state index in [1.54, 1.807) is 0 Å². The summed E-state index contributed by atoms with van der Waals surface area (Å²) >= 11 is 0. The molecule has 4 aliphatic rings. The topological polar surface area (TPSA) is 41.6 Å². The van der Waals surface area contributed by atoms with Gasteiger partial charge in [-0.3, -0.25) is 9.28 Å². The van der Waals surface area contributed by atoms with E-state index >= 15 is 0 Å². The van der Waals surface area contributed by atoms with E-state index in [0.29, 0.717) is 18.0 Å². The van der Waals surface area contributed by atoms with Crippen molar-refractivity contribution in [1.82, 2.24) is 9.80 Å². The molecule has 5 nitrogen and oxygen atoms in total. The highest BCUT2D eigenvalue weighted by molar-refractivity contribution is 5.99. The first-order chi connectivity index (χ1) is 14.6. The summed E-state index contributed by atoms with van der Waals surface area (Å²) in [5, 5.41) is 3.60. The fourth-order valence-electron chi connectivity index (χ4n) is 7.00. The average molecular weight is 413 g/mol. The Morgan fingerprint density at radius 1 is 1.17 bits per heavy atom. The molecule has 4 saturated heterocycles. The maximum Gasteiger partial charge on any atom is 0.233 e. The Hall–Kier alpha value is -1.43. The number of nitrogens with zero attached hydrogens (tertiary/aromatic N) is 2. The first-order valence-electron chi connectivity index (χ1n) is 12.2. The number of aryl methyl sites for hydroxylation is 1. The van der Waals surface area contributed by atoms with Gasteiger partial charge in [-0.1, -0.05) is 0 Å². The van der Waals surface area contributed by atoms with Gasteiger partial charge in [0.1, 0.15) is 11.7 Å². The van der Waals surface area contributed by atoms with E-state index in [1.807, 2.05) is 0 Å². The molecular weight excluding hydrogens is 374 g/mol. The predicted molar refractivity (Wildman–Crippen MR) is 122 cm³/mol. The smallest absolute Gasteiger partial charge is 0.233 e. The molecular formula is C25H38N3O2+. The van der Waals surface area contributed by atoms with E-state index in [2.05, 4.69) is 42.3 Å². The molecule has 164 valence electrons. The highest BCUT2D eigenvalue weighted by atomic mass is 16.5. The van der Waals surface area contributed by atoms with Crippen LogP contribution in [0.2, 0.25) is 0 Å². The quantitative estimate of drug-likeness (QED) is 0.769. The Balaban J connectivity index is 1.46. The zero-order chi connectivity index (χ0) is 20.8. The predicted octanol–water partition coefficient (Wildman–Crippen LogP) is 3.77. The number of carbonyl (C=O) groups is 1. The highest BCUT2D eigenvalue weighted by Crippen LogP contribution is 2.44. The second kappa shape index (κ2) is 7.92. The Kier molecular flexibility index (Phi) is 5.41. The van der Waals surface area contributed by atoms with Crippen LogP contribution in [0.15, 0.2) is 18.2 Å². The number of likely N-dealkylation sites (tertiary alicyclic amines) is 1. The minimum absolute atomic E-state index is 0.186. The molecule has 5 rings (SSSR count). The van der Waals surface area contributed by atoms with Crippen molar-refractivity contribution in [2.45, 2.75) is 70.9 Å². The van der Waals surface area contributed by atoms with Gasteiger partial charge in [0.2, 0.25) is 5.91 Å². The molecule has 0 aromatic heterocycles. The molecule has 3 atom stereocenters. The number of carbonyl (C=O) groups excluding carboxylic acids is 1. The molecule has 1 aromatic carbocycles. The van der Waals surface area contributed by atoms with Crippen LogP contribution >= 0.6 is 0 Å². The molecule has 0 aliphatic carbocycles. The summed E-state index contributed by atoms with van der Waals surface area (Å²) in [5.41, 5.74) is 3.66. The summed E-state index contributed by atoms with van der Waals surface area (Å²) in [4.78, 5) is 15.7. The molecule has 1 unspecified atom stereocenters. The van der Waals surface area contributed by atoms with E-state index in [1.165, 1.54) is 37.1 Å². The first kappa shape index (κ1) is 20.5. The van der Waals surface area contributed by atoms with Crippen LogP contribution in [0.3, 0.4) is 0 Å². The number of piperidine rings is 1. The van der Waals surface area contributed by atoms with E-state index in [4.69, 9.17) is 4.74 Å². The van der Waals surface area contributed by atoms with Crippen molar-refractivity contribution >= 4 is 17.3 Å². The first-order valence-corrected chi connectivity index (χ1v) is 12.2. The van der Waals surface area contributed by atoms with Gasteiger partial charge in [0.15, 0.2) is 0 Å². The Morgan fingerprint density at radius 2 is 2.00 bits per heavy atom. The van der Waals surface area contributed by atoms with Crippen LogP contribution in [0.5, 0.6) is 0 Å². The molecule has 1 N–H and O–H groups in total. The van der Waals surface area contributed by atoms with Gasteiger partial charge >= 0.3 is 0 Å². The number of anilines is 1. The molecule has 5 heteroatoms. The van der Waals surface area contributed by atoms with Crippen LogP contribution in [0, 0.1) is 12.3 Å². The third-order valence-corrected chi connectivity index (χ3v) is 8.76. The second-order valence-electron chi connectivity index (χ2n) is 10.2. The van der Waals surface area contributed by atoms with E-state index in [0.717, 1.165) is 68.7 Å². The van der Waals surface area contributed by atoms with Crippen LogP contribution in [-0.4, -0.2) is 57.4 Å². The standard InChI is InChI=1S/C25H38N3O2/c1-19-17-21(28(14-3-5-20(28)2)22-8-12-26-18-22)6-7-23(19)27-13-4-9-25(24(27)29)10-15-30-16-11-25/h6-7,17,20,22,26H,3-5,8-16,18H2,1-2H3/q+1/t20-,22+,28?/m0/s1. The second-order valence-corrected chi connectivity index (χ2v) is 10.2. The molecule has 4 fully saturated rings. The van der Waals surface area contributed by atoms with Crippen molar-refractivity contribution in [1.29, 1.82) is 0 Å². The third-order valence-electron chi connectivity index (χ3n) is 8.76. The van der Waals surface area contributed by atoms with Gasteiger partial charge < -0.3 is 15.0 Å². The minimum atomic E-state index is -0.186. The largest absolute Gasteiger partial charge is 0.381 e. The maximum atomic E-state index is 13.6. The summed E-state index contributed by atoms with van der Waals surface area (Å²) in [6.07, 6.45) is 7.77. The lowest BCUT2D eigenvalue weighted by Gasteiger charge is -2.45. The fraction of sp³-hybridized carbons (Fsp3) is 0.720. The normalized spacial score (nSPS) is 34.1. The molecule has 30 heavy (non-hydrogen) atoms. The summed E-state index contributed by atoms with van der Waals surface area (Å²) in [6, 6.07) is 8.36. The van der Waals surface area contributed by atoms with Gasteiger partial charge in [-0.05, 0) is 51.2 Å². The molecule has 1 spiro atoms. The van der Waals surface area contributed by atoms with E-state index in [9.17, 15) is 4.79 Å². The maximum absolute atomic E-state index is 13.6. The number of nitrogens with one attached hydrogen (secondary N) is 1. The number of hydrogen-bond donors (Lipinski definition) is 1. The molecule has 4 heterocycles. The van der Waals surface area contributed by atoms with Gasteiger partial charge in [-0.25, -0.2) is 0 Å². The average Bonchev–Trinajstić information content (AvgIpc) is 3.42. The summed E-state index contributed by atoms with van der Waals surface area (Å²) in [5.74, 6) is 0.339. The molecule has 4 aliphatic heterocycles. The number of ether oxygens (including phenoxy) is 1. The number of amides is 1. The SMILES string of the molecule is Cc1cc([N+]2([C@@H]3CCNC3)CCC[C@@H]2C)ccc1N1CCCC2(CCOCC2)C1=O. The van der Waals surface area contributed by atoms with E-state index in [-0.39, 0.29) is 5.41 Å². The van der Waals surface area contributed by atoms with Gasteiger partial charge in [-0.2, -0.15) is 0 Å². The Labute approximate surface area is 181 Å². The lowest BCUT2D eigenvalue weighted by atomic mass is 9.73. The lowest BCUT2D eigenvalue weighted by molar-refractivity contribution is -0.136. The van der Waals surface area contributed by atoms with Gasteiger partial charge in [0.05, 0.1) is 18.0 Å². The van der Waals surface area contributed by atoms with Crippen LogP contribution in [0.1, 0.15) is 57.4 Å². The van der Waals surface area contributed by atoms with Crippen molar-refractivity contribution < 1.29 is 9.53 Å². The van der Waals surface area contributed by atoms with Crippen molar-refractivity contribution in [2.75, 3.05) is 44.3 Å². The lowest BCUT2D eigenvalue weighted by Crippen LogP contribution is -2.59. The summed E-state index contributed by atoms with van der Waals surface area (Å²) in [7, 11) is 0. The van der Waals surface area contributed by atoms with Crippen molar-refractivity contribution in [3.05, 3.63) is 23.8 Å². The van der Waals surface area contributed by atoms with E-state index < -0.39 is 0 Å². The molecule has 0 saturated carbocycles. The van der Waals surface area contributed by atoms with Gasteiger partial charge in [-0.15, -0.1) is 0 Å². The summed E-state index contributed by atoms with van der Waals surface area (Å²) in [6.45, 7) is 10.5. The molecule has 1 aromatic rings. The fourth-order valence-corrected chi connectivity index (χ4v) is 7.00. The monoisotopic (exact) mass is 412 g/mol. The number of hydrogen-bond acceptors (Lipinski definition) is 3. The Bertz CT molecular complexity index is 792. The molecule has 1 amide bonds. The van der Waals surface area contributed by atoms with Crippen molar-refractivity contribution in [3.8, 4) is 0 Å². The van der Waals surface area contributed by atoms with Crippen molar-refractivity contribution in [2.24, 2.45) is 5.41 Å². The zero-order valence-electron chi connectivity index (χ0n) is 18.8. The third kappa shape index (κ3) is 3.12. The highest BCUT2D eigenvalue weighted by Gasteiger charge is 2.49. The number of benzene rings is 1. The molecule has 0 radical (unpaired) electrons. The van der Waals surface area contributed by atoms with Crippen LogP contribution < -0.4 is 14.7 Å². The van der Waals surface area contributed by atoms with Gasteiger partial charge in [0, 0.05) is 69.9 Å². The number of rotatable bonds is 3. The minimum Gasteiger partial charge on any atom is -0.381 e. The van der Waals surface area contributed by atoms with Crippen LogP contribution in [-0.2, 0) is 9.53 Å². The van der Waals surface area contributed by atoms with Crippen molar-refractivity contribution in [3.63, 3.8) is 0 Å².